The van der Waals surface area contributed by atoms with Crippen molar-refractivity contribution in [3.8, 4) is 22.6 Å². The number of benzene rings is 2. The fourth-order valence-electron chi connectivity index (χ4n) is 2.77. The lowest BCUT2D eigenvalue weighted by atomic mass is 10.0. The number of hydrogen-bond acceptors (Lipinski definition) is 2. The number of rotatable bonds is 2. The van der Waals surface area contributed by atoms with Crippen LogP contribution < -0.4 is 0 Å². The molecule has 0 fully saturated rings. The molecule has 0 bridgehead atoms. The highest BCUT2D eigenvalue weighted by Crippen LogP contribution is 2.36. The smallest absolute Gasteiger partial charge is 0.338 e. The van der Waals surface area contributed by atoms with Gasteiger partial charge in [-0.1, -0.05) is 40.2 Å². The van der Waals surface area contributed by atoms with Crippen molar-refractivity contribution in [1.29, 1.82) is 0 Å². The zero-order valence-corrected chi connectivity index (χ0v) is 14.8. The zero-order valence-electron chi connectivity index (χ0n) is 13.2. The Hall–Kier alpha value is -2.67. The Balaban J connectivity index is 1.73. The molecule has 2 aromatic carbocycles. The molecule has 0 atom stereocenters. The summed E-state index contributed by atoms with van der Waals surface area (Å²) >= 11 is 3.41. The number of fused-ring (bicyclic) bond motifs is 1. The van der Waals surface area contributed by atoms with Crippen molar-refractivity contribution in [3.63, 3.8) is 0 Å². The lowest BCUT2D eigenvalue weighted by molar-refractivity contribution is -0.137. The monoisotopic (exact) mass is 417 g/mol. The molecule has 7 heteroatoms. The van der Waals surface area contributed by atoms with Gasteiger partial charge in [-0.25, -0.2) is 4.98 Å². The number of halogens is 4. The molecule has 0 amide bonds. The normalized spacial score (nSPS) is 11.8. The lowest BCUT2D eigenvalue weighted by Crippen LogP contribution is -2.08. The van der Waals surface area contributed by atoms with Gasteiger partial charge >= 0.3 is 6.18 Å². The minimum atomic E-state index is -4.45. The number of imidazole rings is 1. The minimum Gasteiger partial charge on any atom is -0.338 e. The summed E-state index contributed by atoms with van der Waals surface area (Å²) in [7, 11) is 0. The number of hydrogen-bond donors (Lipinski definition) is 1. The van der Waals surface area contributed by atoms with Crippen LogP contribution in [0.4, 0.5) is 13.2 Å². The lowest BCUT2D eigenvalue weighted by Gasteiger charge is -2.11. The molecule has 0 aliphatic rings. The number of H-pyrrole nitrogens is 1. The summed E-state index contributed by atoms with van der Waals surface area (Å²) in [6.07, 6.45) is -3.09. The molecule has 0 unspecified atom stereocenters. The van der Waals surface area contributed by atoms with E-state index in [2.05, 4.69) is 30.9 Å². The average Bonchev–Trinajstić information content (AvgIpc) is 3.04. The van der Waals surface area contributed by atoms with Crippen LogP contribution in [0.2, 0.25) is 0 Å². The number of nitrogens with zero attached hydrogens (tertiary/aromatic N) is 2. The van der Waals surface area contributed by atoms with Gasteiger partial charge in [0.05, 0.1) is 22.3 Å². The minimum absolute atomic E-state index is 0.0833. The molecule has 2 aromatic heterocycles. The first-order chi connectivity index (χ1) is 12.4. The number of aromatic amines is 1. The van der Waals surface area contributed by atoms with Crippen LogP contribution in [0.25, 0.3) is 33.7 Å². The van der Waals surface area contributed by atoms with Gasteiger partial charge in [0.15, 0.2) is 0 Å². The van der Waals surface area contributed by atoms with E-state index in [9.17, 15) is 13.2 Å². The number of pyridine rings is 1. The van der Waals surface area contributed by atoms with E-state index >= 15 is 0 Å². The molecule has 2 heterocycles. The van der Waals surface area contributed by atoms with Crippen molar-refractivity contribution in [2.24, 2.45) is 0 Å². The van der Waals surface area contributed by atoms with Gasteiger partial charge in [-0.05, 0) is 30.3 Å². The first kappa shape index (κ1) is 16.8. The summed E-state index contributed by atoms with van der Waals surface area (Å²) in [5.74, 6) is 0.654. The van der Waals surface area contributed by atoms with Crippen LogP contribution in [0.1, 0.15) is 5.56 Å². The topological polar surface area (TPSA) is 41.6 Å². The predicted octanol–water partition coefficient (Wildman–Crippen LogP) is 6.07. The van der Waals surface area contributed by atoms with Crippen molar-refractivity contribution >= 4 is 27.0 Å². The third kappa shape index (κ3) is 3.10. The van der Waals surface area contributed by atoms with E-state index in [4.69, 9.17) is 0 Å². The second-order valence-corrected chi connectivity index (χ2v) is 6.64. The van der Waals surface area contributed by atoms with Crippen LogP contribution in [0.15, 0.2) is 65.3 Å². The Labute approximate surface area is 155 Å². The molecule has 26 heavy (non-hydrogen) atoms. The Kier molecular flexibility index (Phi) is 4.03. The molecule has 130 valence electrons. The second kappa shape index (κ2) is 6.25. The highest BCUT2D eigenvalue weighted by Gasteiger charge is 2.34. The summed E-state index contributed by atoms with van der Waals surface area (Å²) in [5, 5.41) is 0. The van der Waals surface area contributed by atoms with E-state index in [0.717, 1.165) is 27.1 Å². The second-order valence-electron chi connectivity index (χ2n) is 5.72. The number of alkyl halides is 3. The maximum absolute atomic E-state index is 13.2. The first-order valence-corrected chi connectivity index (χ1v) is 8.49. The summed E-state index contributed by atoms with van der Waals surface area (Å²) in [6, 6.07) is 14.7. The Morgan fingerprint density at radius 1 is 0.923 bits per heavy atom. The summed E-state index contributed by atoms with van der Waals surface area (Å²) in [5.41, 5.74) is 2.05. The molecule has 0 radical (unpaired) electrons. The highest BCUT2D eigenvalue weighted by molar-refractivity contribution is 9.10. The highest BCUT2D eigenvalue weighted by atomic mass is 79.9. The largest absolute Gasteiger partial charge is 0.418 e. The third-order valence-electron chi connectivity index (χ3n) is 3.99. The standard InChI is InChI=1S/C19H11BrF3N3/c20-13-7-8-15-16(10-13)26-18(25-15)12-5-3-11(4-6-12)17-14(19(21,22)23)2-1-9-24-17/h1-10H,(H,25,26). The molecule has 0 saturated carbocycles. The van der Waals surface area contributed by atoms with Crippen molar-refractivity contribution < 1.29 is 13.2 Å². The van der Waals surface area contributed by atoms with Gasteiger partial charge in [-0.3, -0.25) is 4.98 Å². The molecule has 0 spiro atoms. The Morgan fingerprint density at radius 2 is 1.65 bits per heavy atom. The van der Waals surface area contributed by atoms with Crippen molar-refractivity contribution in [1.82, 2.24) is 15.0 Å². The molecular weight excluding hydrogens is 407 g/mol. The first-order valence-electron chi connectivity index (χ1n) is 7.70. The molecule has 0 saturated heterocycles. The maximum Gasteiger partial charge on any atom is 0.418 e. The summed E-state index contributed by atoms with van der Waals surface area (Å²) < 4.78 is 40.4. The summed E-state index contributed by atoms with van der Waals surface area (Å²) in [6.45, 7) is 0. The van der Waals surface area contributed by atoms with Crippen molar-refractivity contribution in [2.75, 3.05) is 0 Å². The third-order valence-corrected chi connectivity index (χ3v) is 4.48. The van der Waals surface area contributed by atoms with Crippen LogP contribution in [0.3, 0.4) is 0 Å². The fraction of sp³-hybridized carbons (Fsp3) is 0.0526. The van der Waals surface area contributed by atoms with Crippen molar-refractivity contribution in [2.45, 2.75) is 6.18 Å². The predicted molar refractivity (Wildman–Crippen MR) is 97.5 cm³/mol. The molecule has 0 aliphatic heterocycles. The molecule has 0 aliphatic carbocycles. The van der Waals surface area contributed by atoms with Crippen LogP contribution in [-0.2, 0) is 6.18 Å². The van der Waals surface area contributed by atoms with E-state index in [0.29, 0.717) is 11.4 Å². The van der Waals surface area contributed by atoms with Gasteiger partial charge in [0.1, 0.15) is 5.82 Å². The van der Waals surface area contributed by atoms with Crippen LogP contribution in [0, 0.1) is 0 Å². The quantitative estimate of drug-likeness (QED) is 0.429. The Morgan fingerprint density at radius 3 is 2.38 bits per heavy atom. The molecule has 3 nitrogen and oxygen atoms in total. The number of nitrogens with one attached hydrogen (secondary N) is 1. The summed E-state index contributed by atoms with van der Waals surface area (Å²) in [4.78, 5) is 11.6. The van der Waals surface area contributed by atoms with Gasteiger partial charge in [-0.15, -0.1) is 0 Å². The zero-order chi connectivity index (χ0) is 18.3. The SMILES string of the molecule is FC(F)(F)c1cccnc1-c1ccc(-c2nc3ccc(Br)cc3[nH]2)cc1. The average molecular weight is 418 g/mol. The van der Waals surface area contributed by atoms with E-state index in [1.54, 1.807) is 24.3 Å². The Bertz CT molecular complexity index is 1090. The number of aromatic nitrogens is 3. The van der Waals surface area contributed by atoms with E-state index in [1.165, 1.54) is 12.3 Å². The van der Waals surface area contributed by atoms with Gasteiger partial charge in [0, 0.05) is 21.8 Å². The van der Waals surface area contributed by atoms with E-state index in [-0.39, 0.29) is 5.69 Å². The molecular formula is C19H11BrF3N3. The molecule has 4 aromatic rings. The molecule has 4 rings (SSSR count). The van der Waals surface area contributed by atoms with Crippen LogP contribution >= 0.6 is 15.9 Å². The van der Waals surface area contributed by atoms with E-state index in [1.807, 2.05) is 18.2 Å². The van der Waals surface area contributed by atoms with Crippen LogP contribution in [-0.4, -0.2) is 15.0 Å². The van der Waals surface area contributed by atoms with E-state index < -0.39 is 11.7 Å². The van der Waals surface area contributed by atoms with Gasteiger partial charge in [0.25, 0.3) is 0 Å². The fourth-order valence-corrected chi connectivity index (χ4v) is 3.13. The van der Waals surface area contributed by atoms with Gasteiger partial charge in [0.2, 0.25) is 0 Å². The van der Waals surface area contributed by atoms with Crippen LogP contribution in [0.5, 0.6) is 0 Å². The van der Waals surface area contributed by atoms with Gasteiger partial charge in [-0.2, -0.15) is 13.2 Å². The van der Waals surface area contributed by atoms with Gasteiger partial charge < -0.3 is 4.98 Å². The van der Waals surface area contributed by atoms with Crippen molar-refractivity contribution in [3.05, 3.63) is 70.8 Å². The maximum atomic E-state index is 13.2. The molecule has 1 N–H and O–H groups in total.